The van der Waals surface area contributed by atoms with Crippen molar-refractivity contribution < 1.29 is 0 Å². The summed E-state index contributed by atoms with van der Waals surface area (Å²) in [6, 6.07) is 6.27. The molecule has 0 saturated heterocycles. The van der Waals surface area contributed by atoms with Gasteiger partial charge in [-0.05, 0) is 39.9 Å². The number of rotatable bonds is 5. The van der Waals surface area contributed by atoms with Gasteiger partial charge in [0, 0.05) is 34.7 Å². The molecular formula is C13H14BrClN2S. The fraction of sp³-hybridized carbons (Fsp3) is 0.308. The van der Waals surface area contributed by atoms with Gasteiger partial charge in [-0.25, -0.2) is 4.98 Å². The second-order valence-corrected chi connectivity index (χ2v) is 6.24. The number of aromatic nitrogens is 1. The zero-order chi connectivity index (χ0) is 13.0. The van der Waals surface area contributed by atoms with Gasteiger partial charge < -0.3 is 4.90 Å². The average molecular weight is 346 g/mol. The third kappa shape index (κ3) is 3.46. The van der Waals surface area contributed by atoms with E-state index in [0.29, 0.717) is 5.88 Å². The third-order valence-electron chi connectivity index (χ3n) is 2.69. The summed E-state index contributed by atoms with van der Waals surface area (Å²) in [6.45, 7) is 0.943. The Morgan fingerprint density at radius 2 is 2.33 bits per heavy atom. The normalized spacial score (nSPS) is 10.6. The van der Waals surface area contributed by atoms with Gasteiger partial charge in [-0.2, -0.15) is 0 Å². The lowest BCUT2D eigenvalue weighted by atomic mass is 10.2. The fourth-order valence-corrected chi connectivity index (χ4v) is 3.03. The molecule has 0 unspecified atom stereocenters. The lowest BCUT2D eigenvalue weighted by molar-refractivity contribution is 0.862. The number of halogens is 2. The number of hydrogen-bond donors (Lipinski definition) is 0. The van der Waals surface area contributed by atoms with Gasteiger partial charge in [0.2, 0.25) is 0 Å². The molecule has 0 fully saturated rings. The van der Waals surface area contributed by atoms with E-state index in [1.165, 1.54) is 4.88 Å². The van der Waals surface area contributed by atoms with Crippen LogP contribution in [0.5, 0.6) is 0 Å². The summed E-state index contributed by atoms with van der Waals surface area (Å²) in [7, 11) is 2.06. The van der Waals surface area contributed by atoms with Crippen molar-refractivity contribution in [2.24, 2.45) is 0 Å². The average Bonchev–Trinajstić information content (AvgIpc) is 2.88. The van der Waals surface area contributed by atoms with Crippen LogP contribution in [0, 0.1) is 0 Å². The molecule has 0 N–H and O–H groups in total. The maximum Gasteiger partial charge on any atom is 0.132 e. The van der Waals surface area contributed by atoms with Crippen LogP contribution in [0.1, 0.15) is 10.4 Å². The molecule has 2 nitrogen and oxygen atoms in total. The molecule has 2 aromatic rings. The van der Waals surface area contributed by atoms with Crippen molar-refractivity contribution >= 4 is 44.7 Å². The molecule has 0 aromatic carbocycles. The van der Waals surface area contributed by atoms with Crippen molar-refractivity contribution in [3.63, 3.8) is 0 Å². The van der Waals surface area contributed by atoms with E-state index in [1.807, 2.05) is 12.3 Å². The van der Waals surface area contributed by atoms with Crippen molar-refractivity contribution in [2.75, 3.05) is 18.5 Å². The molecule has 2 heterocycles. The van der Waals surface area contributed by atoms with Gasteiger partial charge in [-0.15, -0.1) is 22.9 Å². The van der Waals surface area contributed by atoms with E-state index in [2.05, 4.69) is 50.4 Å². The van der Waals surface area contributed by atoms with Crippen LogP contribution in [0.2, 0.25) is 0 Å². The Morgan fingerprint density at radius 3 is 3.00 bits per heavy atom. The second kappa shape index (κ2) is 6.55. The largest absolute Gasteiger partial charge is 0.359 e. The molecule has 0 saturated carbocycles. The lowest BCUT2D eigenvalue weighted by Crippen LogP contribution is -2.22. The summed E-state index contributed by atoms with van der Waals surface area (Å²) in [5.41, 5.74) is 1.06. The molecule has 18 heavy (non-hydrogen) atoms. The van der Waals surface area contributed by atoms with Gasteiger partial charge in [-0.1, -0.05) is 6.07 Å². The Balaban J connectivity index is 2.06. The highest BCUT2D eigenvalue weighted by Gasteiger charge is 2.09. The van der Waals surface area contributed by atoms with Crippen molar-refractivity contribution in [2.45, 2.75) is 12.3 Å². The van der Waals surface area contributed by atoms with Crippen molar-refractivity contribution in [1.82, 2.24) is 4.98 Å². The van der Waals surface area contributed by atoms with E-state index in [0.717, 1.165) is 28.8 Å². The van der Waals surface area contributed by atoms with Crippen LogP contribution in [0.25, 0.3) is 0 Å². The molecule has 0 bridgehead atoms. The number of anilines is 1. The highest BCUT2D eigenvalue weighted by molar-refractivity contribution is 9.10. The summed E-state index contributed by atoms with van der Waals surface area (Å²) < 4.78 is 0.966. The molecule has 0 aliphatic carbocycles. The summed E-state index contributed by atoms with van der Waals surface area (Å²) in [5, 5.41) is 2.11. The second-order valence-electron chi connectivity index (χ2n) is 4.02. The van der Waals surface area contributed by atoms with Gasteiger partial charge in [0.05, 0.1) is 5.88 Å². The predicted octanol–water partition coefficient (Wildman–Crippen LogP) is 4.32. The van der Waals surface area contributed by atoms with Crippen molar-refractivity contribution in [3.05, 3.63) is 44.7 Å². The van der Waals surface area contributed by atoms with Crippen LogP contribution in [0.3, 0.4) is 0 Å². The molecule has 0 aliphatic heterocycles. The first kappa shape index (κ1) is 13.8. The Kier molecular flexibility index (Phi) is 5.03. The Labute approximate surface area is 125 Å². The van der Waals surface area contributed by atoms with Crippen LogP contribution in [0.15, 0.2) is 34.2 Å². The molecule has 0 atom stereocenters. The van der Waals surface area contributed by atoms with Gasteiger partial charge in [0.25, 0.3) is 0 Å². The highest BCUT2D eigenvalue weighted by Crippen LogP contribution is 2.22. The maximum atomic E-state index is 5.96. The molecule has 96 valence electrons. The Hall–Kier alpha value is -0.580. The number of likely N-dealkylation sites (N-methyl/N-ethyl adjacent to an activating group) is 1. The minimum atomic E-state index is 0.477. The standard InChI is InChI=1S/C13H14BrClN2S/c1-17(5-4-12-3-2-6-18-12)13-10(8-15)7-11(14)9-16-13/h2-3,6-7,9H,4-5,8H2,1H3. The summed E-state index contributed by atoms with van der Waals surface area (Å²) in [4.78, 5) is 8.00. The van der Waals surface area contributed by atoms with Crippen molar-refractivity contribution in [3.8, 4) is 0 Å². The highest BCUT2D eigenvalue weighted by atomic mass is 79.9. The van der Waals surface area contributed by atoms with E-state index in [1.54, 1.807) is 11.3 Å². The monoisotopic (exact) mass is 344 g/mol. The molecule has 2 rings (SSSR count). The topological polar surface area (TPSA) is 16.1 Å². The van der Waals surface area contributed by atoms with Gasteiger partial charge in [-0.3, -0.25) is 0 Å². The van der Waals surface area contributed by atoms with Crippen LogP contribution in [0.4, 0.5) is 5.82 Å². The van der Waals surface area contributed by atoms with E-state index in [9.17, 15) is 0 Å². The van der Waals surface area contributed by atoms with E-state index in [4.69, 9.17) is 11.6 Å². The zero-order valence-electron chi connectivity index (χ0n) is 10.1. The SMILES string of the molecule is CN(CCc1cccs1)c1ncc(Br)cc1CCl. The van der Waals surface area contributed by atoms with E-state index >= 15 is 0 Å². The molecule has 0 aliphatic rings. The molecule has 0 amide bonds. The third-order valence-corrected chi connectivity index (χ3v) is 4.35. The molecule has 0 spiro atoms. The first-order valence-corrected chi connectivity index (χ1v) is 7.85. The molecule has 2 aromatic heterocycles. The summed E-state index contributed by atoms with van der Waals surface area (Å²) in [6.07, 6.45) is 2.85. The van der Waals surface area contributed by atoms with Gasteiger partial charge in [0.15, 0.2) is 0 Å². The summed E-state index contributed by atoms with van der Waals surface area (Å²) in [5.74, 6) is 1.44. The zero-order valence-corrected chi connectivity index (χ0v) is 13.2. The minimum absolute atomic E-state index is 0.477. The first-order chi connectivity index (χ1) is 8.70. The van der Waals surface area contributed by atoms with E-state index in [-0.39, 0.29) is 0 Å². The van der Waals surface area contributed by atoms with Gasteiger partial charge >= 0.3 is 0 Å². The molecular weight excluding hydrogens is 332 g/mol. The maximum absolute atomic E-state index is 5.96. The van der Waals surface area contributed by atoms with Gasteiger partial charge in [0.1, 0.15) is 5.82 Å². The van der Waals surface area contributed by atoms with Crippen LogP contribution in [-0.2, 0) is 12.3 Å². The number of pyridine rings is 1. The lowest BCUT2D eigenvalue weighted by Gasteiger charge is -2.20. The Morgan fingerprint density at radius 1 is 1.50 bits per heavy atom. The van der Waals surface area contributed by atoms with Crippen LogP contribution < -0.4 is 4.90 Å². The van der Waals surface area contributed by atoms with Crippen LogP contribution in [-0.4, -0.2) is 18.6 Å². The first-order valence-electron chi connectivity index (χ1n) is 5.64. The number of hydrogen-bond acceptors (Lipinski definition) is 3. The fourth-order valence-electron chi connectivity index (χ4n) is 1.75. The van der Waals surface area contributed by atoms with E-state index < -0.39 is 0 Å². The molecule has 0 radical (unpaired) electrons. The number of thiophene rings is 1. The smallest absolute Gasteiger partial charge is 0.132 e. The minimum Gasteiger partial charge on any atom is -0.359 e. The quantitative estimate of drug-likeness (QED) is 0.750. The number of nitrogens with zero attached hydrogens (tertiary/aromatic N) is 2. The molecule has 5 heteroatoms. The number of alkyl halides is 1. The predicted molar refractivity (Wildman–Crippen MR) is 82.8 cm³/mol. The van der Waals surface area contributed by atoms with Crippen LogP contribution >= 0.6 is 38.9 Å². The summed E-state index contributed by atoms with van der Waals surface area (Å²) >= 11 is 11.2. The Bertz CT molecular complexity index is 502. The van der Waals surface area contributed by atoms with Crippen molar-refractivity contribution in [1.29, 1.82) is 0 Å².